The zero-order valence-corrected chi connectivity index (χ0v) is 11.3. The maximum Gasteiger partial charge on any atom is 0.0110 e. The highest BCUT2D eigenvalue weighted by molar-refractivity contribution is 7.80. The highest BCUT2D eigenvalue weighted by Gasteiger charge is 2.20. The number of rotatable bonds is 5. The second-order valence-electron chi connectivity index (χ2n) is 4.92. The maximum absolute atomic E-state index is 4.45. The Bertz CT molecular complexity index is 165. The molecule has 0 aromatic carbocycles. The molecule has 0 N–H and O–H groups in total. The summed E-state index contributed by atoms with van der Waals surface area (Å²) in [6, 6.07) is 0. The molecule has 1 fully saturated rings. The highest BCUT2D eigenvalue weighted by Crippen LogP contribution is 2.15. The van der Waals surface area contributed by atoms with Crippen molar-refractivity contribution in [2.75, 3.05) is 45.0 Å². The number of hydrogen-bond donors (Lipinski definition) is 1. The molecule has 0 aromatic rings. The van der Waals surface area contributed by atoms with Crippen LogP contribution in [0.5, 0.6) is 0 Å². The van der Waals surface area contributed by atoms with Gasteiger partial charge in [-0.1, -0.05) is 20.8 Å². The molecule has 1 saturated heterocycles. The molecule has 90 valence electrons. The fourth-order valence-electron chi connectivity index (χ4n) is 2.10. The topological polar surface area (TPSA) is 6.48 Å². The van der Waals surface area contributed by atoms with Crippen molar-refractivity contribution in [3.05, 3.63) is 0 Å². The van der Waals surface area contributed by atoms with E-state index < -0.39 is 0 Å². The van der Waals surface area contributed by atoms with Gasteiger partial charge in [0.25, 0.3) is 0 Å². The standard InChI is InChI=1S/C12H26N2S/c1-4-13-5-7-14(8-6-13)9-12(10-15)11(2)3/h11-12,15H,4-10H2,1-3H3. The molecule has 2 nitrogen and oxygen atoms in total. The maximum atomic E-state index is 4.45. The van der Waals surface area contributed by atoms with Gasteiger partial charge in [0.15, 0.2) is 0 Å². The van der Waals surface area contributed by atoms with Crippen LogP contribution in [0.4, 0.5) is 0 Å². The monoisotopic (exact) mass is 230 g/mol. The first kappa shape index (κ1) is 13.3. The quantitative estimate of drug-likeness (QED) is 0.720. The highest BCUT2D eigenvalue weighted by atomic mass is 32.1. The summed E-state index contributed by atoms with van der Waals surface area (Å²) in [6.45, 7) is 14.3. The minimum Gasteiger partial charge on any atom is -0.301 e. The van der Waals surface area contributed by atoms with Gasteiger partial charge in [-0.05, 0) is 24.1 Å². The van der Waals surface area contributed by atoms with Crippen molar-refractivity contribution in [1.82, 2.24) is 9.80 Å². The number of piperazine rings is 1. The summed E-state index contributed by atoms with van der Waals surface area (Å²) in [6.07, 6.45) is 0. The summed E-state index contributed by atoms with van der Waals surface area (Å²) in [5.41, 5.74) is 0. The van der Waals surface area contributed by atoms with E-state index in [0.29, 0.717) is 0 Å². The molecule has 1 aliphatic rings. The lowest BCUT2D eigenvalue weighted by molar-refractivity contribution is 0.117. The Kier molecular flexibility index (Phi) is 6.02. The third kappa shape index (κ3) is 4.33. The molecule has 0 amide bonds. The molecule has 1 unspecified atom stereocenters. The zero-order valence-electron chi connectivity index (χ0n) is 10.4. The smallest absolute Gasteiger partial charge is 0.0110 e. The van der Waals surface area contributed by atoms with Crippen LogP contribution in [0, 0.1) is 11.8 Å². The van der Waals surface area contributed by atoms with E-state index in [2.05, 4.69) is 43.2 Å². The molecule has 0 bridgehead atoms. The van der Waals surface area contributed by atoms with E-state index in [4.69, 9.17) is 0 Å². The molecule has 0 spiro atoms. The van der Waals surface area contributed by atoms with E-state index >= 15 is 0 Å². The van der Waals surface area contributed by atoms with E-state index in [0.717, 1.165) is 17.6 Å². The fraction of sp³-hybridized carbons (Fsp3) is 1.00. The number of hydrogen-bond acceptors (Lipinski definition) is 3. The second-order valence-corrected chi connectivity index (χ2v) is 5.29. The lowest BCUT2D eigenvalue weighted by Crippen LogP contribution is -2.48. The third-order valence-corrected chi connectivity index (χ3v) is 4.05. The van der Waals surface area contributed by atoms with Crippen molar-refractivity contribution in [1.29, 1.82) is 0 Å². The summed E-state index contributed by atoms with van der Waals surface area (Å²) in [5, 5.41) is 0. The van der Waals surface area contributed by atoms with Crippen LogP contribution >= 0.6 is 12.6 Å². The molecule has 15 heavy (non-hydrogen) atoms. The summed E-state index contributed by atoms with van der Waals surface area (Å²) in [7, 11) is 0. The van der Waals surface area contributed by atoms with Crippen molar-refractivity contribution in [3.8, 4) is 0 Å². The molecular formula is C12H26N2S. The van der Waals surface area contributed by atoms with Gasteiger partial charge in [0.05, 0.1) is 0 Å². The van der Waals surface area contributed by atoms with Crippen LogP contribution in [-0.2, 0) is 0 Å². The van der Waals surface area contributed by atoms with E-state index in [9.17, 15) is 0 Å². The van der Waals surface area contributed by atoms with Crippen molar-refractivity contribution < 1.29 is 0 Å². The molecule has 1 atom stereocenters. The normalized spacial score (nSPS) is 22.2. The molecule has 3 heteroatoms. The average Bonchev–Trinajstić information content (AvgIpc) is 2.26. The minimum absolute atomic E-state index is 0.751. The Hall–Kier alpha value is 0.270. The summed E-state index contributed by atoms with van der Waals surface area (Å²) >= 11 is 4.45. The summed E-state index contributed by atoms with van der Waals surface area (Å²) in [4.78, 5) is 5.13. The lowest BCUT2D eigenvalue weighted by atomic mass is 9.97. The predicted octanol–water partition coefficient (Wildman–Crippen LogP) is 1.83. The van der Waals surface area contributed by atoms with Crippen LogP contribution in [-0.4, -0.2) is 54.8 Å². The van der Waals surface area contributed by atoms with E-state index in [1.807, 2.05) is 0 Å². The number of likely N-dealkylation sites (N-methyl/N-ethyl adjacent to an activating group) is 1. The van der Waals surface area contributed by atoms with Crippen LogP contribution in [0.1, 0.15) is 20.8 Å². The Labute approximate surface area is 100 Å². The van der Waals surface area contributed by atoms with Crippen molar-refractivity contribution in [3.63, 3.8) is 0 Å². The first-order valence-electron chi connectivity index (χ1n) is 6.23. The molecular weight excluding hydrogens is 204 g/mol. The van der Waals surface area contributed by atoms with Crippen LogP contribution in [0.3, 0.4) is 0 Å². The van der Waals surface area contributed by atoms with Gasteiger partial charge in [0.1, 0.15) is 0 Å². The molecule has 1 heterocycles. The predicted molar refractivity (Wildman–Crippen MR) is 70.7 cm³/mol. The molecule has 0 aromatic heterocycles. The second kappa shape index (κ2) is 6.77. The Morgan fingerprint density at radius 3 is 2.00 bits per heavy atom. The van der Waals surface area contributed by atoms with Crippen molar-refractivity contribution in [2.45, 2.75) is 20.8 Å². The Morgan fingerprint density at radius 1 is 1.07 bits per heavy atom. The van der Waals surface area contributed by atoms with Gasteiger partial charge in [0.2, 0.25) is 0 Å². The average molecular weight is 230 g/mol. The van der Waals surface area contributed by atoms with Gasteiger partial charge in [-0.2, -0.15) is 12.6 Å². The zero-order chi connectivity index (χ0) is 11.3. The van der Waals surface area contributed by atoms with E-state index in [-0.39, 0.29) is 0 Å². The first-order valence-corrected chi connectivity index (χ1v) is 6.86. The Balaban J connectivity index is 2.28. The van der Waals surface area contributed by atoms with Crippen molar-refractivity contribution in [2.24, 2.45) is 11.8 Å². The van der Waals surface area contributed by atoms with Gasteiger partial charge in [-0.15, -0.1) is 0 Å². The minimum atomic E-state index is 0.751. The molecule has 0 saturated carbocycles. The molecule has 1 aliphatic heterocycles. The van der Waals surface area contributed by atoms with E-state index in [1.165, 1.54) is 39.3 Å². The summed E-state index contributed by atoms with van der Waals surface area (Å²) in [5.74, 6) is 2.53. The van der Waals surface area contributed by atoms with E-state index in [1.54, 1.807) is 0 Å². The van der Waals surface area contributed by atoms with Gasteiger partial charge < -0.3 is 9.80 Å². The van der Waals surface area contributed by atoms with Crippen molar-refractivity contribution >= 4 is 12.6 Å². The molecule has 1 rings (SSSR count). The number of thiol groups is 1. The molecule has 0 aliphatic carbocycles. The van der Waals surface area contributed by atoms with Gasteiger partial charge in [-0.25, -0.2) is 0 Å². The number of nitrogens with zero attached hydrogens (tertiary/aromatic N) is 2. The SMILES string of the molecule is CCN1CCN(CC(CS)C(C)C)CC1. The van der Waals surface area contributed by atoms with Crippen LogP contribution in [0.25, 0.3) is 0 Å². The third-order valence-electron chi connectivity index (χ3n) is 3.58. The largest absolute Gasteiger partial charge is 0.301 e. The summed E-state index contributed by atoms with van der Waals surface area (Å²) < 4.78 is 0. The Morgan fingerprint density at radius 2 is 1.60 bits per heavy atom. The van der Waals surface area contributed by atoms with Crippen LogP contribution in [0.15, 0.2) is 0 Å². The fourth-order valence-corrected chi connectivity index (χ4v) is 2.64. The van der Waals surface area contributed by atoms with Crippen LogP contribution in [0.2, 0.25) is 0 Å². The molecule has 0 radical (unpaired) electrons. The van der Waals surface area contributed by atoms with Gasteiger partial charge in [0, 0.05) is 32.7 Å². The van der Waals surface area contributed by atoms with Gasteiger partial charge in [-0.3, -0.25) is 0 Å². The first-order chi connectivity index (χ1) is 7.17. The van der Waals surface area contributed by atoms with Gasteiger partial charge >= 0.3 is 0 Å². The van der Waals surface area contributed by atoms with Crippen LogP contribution < -0.4 is 0 Å². The lowest BCUT2D eigenvalue weighted by Gasteiger charge is -2.36.